The summed E-state index contributed by atoms with van der Waals surface area (Å²) in [6.45, 7) is 9.08. The van der Waals surface area contributed by atoms with Crippen molar-refractivity contribution in [3.8, 4) is 0 Å². The summed E-state index contributed by atoms with van der Waals surface area (Å²) in [5, 5.41) is 2.05. The van der Waals surface area contributed by atoms with E-state index in [2.05, 4.69) is 69.1 Å². The second kappa shape index (κ2) is 4.14. The highest BCUT2D eigenvalue weighted by molar-refractivity contribution is 5.72. The number of rotatable bonds is 0. The summed E-state index contributed by atoms with van der Waals surface area (Å²) >= 11 is 0. The van der Waals surface area contributed by atoms with Crippen molar-refractivity contribution >= 4 is 5.69 Å². The van der Waals surface area contributed by atoms with Crippen molar-refractivity contribution in [2.75, 3.05) is 5.01 Å². The van der Waals surface area contributed by atoms with Gasteiger partial charge in [0, 0.05) is 5.41 Å². The van der Waals surface area contributed by atoms with Crippen molar-refractivity contribution in [3.63, 3.8) is 0 Å². The SMILES string of the molecule is Cc1cc(C)c2c(c1)C1(C)CCc3ccccc3C1(C)N2N. The van der Waals surface area contributed by atoms with E-state index in [4.69, 9.17) is 5.84 Å². The summed E-state index contributed by atoms with van der Waals surface area (Å²) < 4.78 is 0. The molecule has 0 radical (unpaired) electrons. The molecule has 2 aromatic carbocycles. The zero-order valence-electron chi connectivity index (χ0n) is 13.9. The minimum atomic E-state index is -0.178. The van der Waals surface area contributed by atoms with Crippen LogP contribution in [0.1, 0.15) is 48.1 Å². The molecule has 0 bridgehead atoms. The van der Waals surface area contributed by atoms with Crippen molar-refractivity contribution in [2.45, 2.75) is 51.5 Å². The van der Waals surface area contributed by atoms with E-state index in [1.165, 1.54) is 33.5 Å². The molecule has 2 atom stereocenters. The number of aryl methyl sites for hydroxylation is 3. The normalized spacial score (nSPS) is 29.0. The minimum absolute atomic E-state index is 0.0578. The summed E-state index contributed by atoms with van der Waals surface area (Å²) in [5.74, 6) is 6.72. The number of hydrogen-bond donors (Lipinski definition) is 1. The Morgan fingerprint density at radius 1 is 1.05 bits per heavy atom. The van der Waals surface area contributed by atoms with E-state index in [9.17, 15) is 0 Å². The van der Waals surface area contributed by atoms with Gasteiger partial charge in [0.25, 0.3) is 0 Å². The van der Waals surface area contributed by atoms with Gasteiger partial charge in [0.2, 0.25) is 0 Å². The molecule has 2 heteroatoms. The van der Waals surface area contributed by atoms with Gasteiger partial charge in [-0.05, 0) is 55.9 Å². The Kier molecular flexibility index (Phi) is 2.60. The molecule has 0 amide bonds. The largest absolute Gasteiger partial charge is 0.299 e. The van der Waals surface area contributed by atoms with Crippen LogP contribution >= 0.6 is 0 Å². The smallest absolute Gasteiger partial charge is 0.0878 e. The van der Waals surface area contributed by atoms with Gasteiger partial charge in [0.05, 0.1) is 11.2 Å². The third kappa shape index (κ3) is 1.39. The molecule has 2 aliphatic rings. The maximum atomic E-state index is 6.72. The summed E-state index contributed by atoms with van der Waals surface area (Å²) in [6.07, 6.45) is 2.27. The highest BCUT2D eigenvalue weighted by Crippen LogP contribution is 2.60. The van der Waals surface area contributed by atoms with Gasteiger partial charge in [-0.2, -0.15) is 0 Å². The van der Waals surface area contributed by atoms with Gasteiger partial charge in [-0.15, -0.1) is 0 Å². The molecule has 1 aliphatic heterocycles. The van der Waals surface area contributed by atoms with Crippen LogP contribution in [0.5, 0.6) is 0 Å². The molecule has 1 aliphatic carbocycles. The van der Waals surface area contributed by atoms with E-state index < -0.39 is 0 Å². The lowest BCUT2D eigenvalue weighted by molar-refractivity contribution is 0.232. The molecule has 114 valence electrons. The topological polar surface area (TPSA) is 29.3 Å². The molecule has 0 saturated heterocycles. The van der Waals surface area contributed by atoms with Crippen LogP contribution in [0.3, 0.4) is 0 Å². The molecule has 2 N–H and O–H groups in total. The Bertz CT molecular complexity index is 779. The van der Waals surface area contributed by atoms with Crippen molar-refractivity contribution in [3.05, 3.63) is 64.2 Å². The van der Waals surface area contributed by atoms with E-state index in [0.717, 1.165) is 12.8 Å². The fraction of sp³-hybridized carbons (Fsp3) is 0.400. The Labute approximate surface area is 132 Å². The number of anilines is 1. The van der Waals surface area contributed by atoms with Crippen LogP contribution < -0.4 is 10.9 Å². The van der Waals surface area contributed by atoms with Crippen LogP contribution in [-0.4, -0.2) is 0 Å². The van der Waals surface area contributed by atoms with Gasteiger partial charge < -0.3 is 0 Å². The summed E-state index contributed by atoms with van der Waals surface area (Å²) in [4.78, 5) is 0. The molecule has 0 fully saturated rings. The highest BCUT2D eigenvalue weighted by atomic mass is 15.5. The van der Waals surface area contributed by atoms with Gasteiger partial charge in [0.15, 0.2) is 0 Å². The van der Waals surface area contributed by atoms with Gasteiger partial charge in [-0.3, -0.25) is 5.01 Å². The average molecular weight is 292 g/mol. The van der Waals surface area contributed by atoms with Crippen molar-refractivity contribution in [1.29, 1.82) is 0 Å². The first-order valence-electron chi connectivity index (χ1n) is 8.14. The van der Waals surface area contributed by atoms with Crippen molar-refractivity contribution in [2.24, 2.45) is 5.84 Å². The standard InChI is InChI=1S/C20H24N2/c1-13-11-14(2)18-17(12-13)19(3)10-9-15-7-5-6-8-16(15)20(19,4)22(18)21/h5-8,11-12H,9-10,21H2,1-4H3. The highest BCUT2D eigenvalue weighted by Gasteiger charge is 2.59. The zero-order chi connectivity index (χ0) is 15.7. The first-order valence-corrected chi connectivity index (χ1v) is 8.14. The Balaban J connectivity index is 2.06. The van der Waals surface area contributed by atoms with Crippen LogP contribution in [0.4, 0.5) is 5.69 Å². The monoisotopic (exact) mass is 292 g/mol. The molecule has 2 unspecified atom stereocenters. The Hall–Kier alpha value is -1.80. The molecule has 2 nitrogen and oxygen atoms in total. The third-order valence-electron chi connectivity index (χ3n) is 6.27. The fourth-order valence-electron chi connectivity index (χ4n) is 4.85. The van der Waals surface area contributed by atoms with Crippen LogP contribution in [0.15, 0.2) is 36.4 Å². The number of hydrogen-bond acceptors (Lipinski definition) is 2. The van der Waals surface area contributed by atoms with Crippen LogP contribution in [0, 0.1) is 13.8 Å². The van der Waals surface area contributed by atoms with E-state index in [-0.39, 0.29) is 11.0 Å². The van der Waals surface area contributed by atoms with Crippen LogP contribution in [0.25, 0.3) is 0 Å². The quantitative estimate of drug-likeness (QED) is 0.740. The molecular formula is C20H24N2. The van der Waals surface area contributed by atoms with E-state index in [1.54, 1.807) is 0 Å². The van der Waals surface area contributed by atoms with Crippen LogP contribution in [-0.2, 0) is 17.4 Å². The lowest BCUT2D eigenvalue weighted by Crippen LogP contribution is -2.57. The predicted octanol–water partition coefficient (Wildman–Crippen LogP) is 4.12. The molecule has 0 spiro atoms. The second-order valence-electron chi connectivity index (χ2n) is 7.41. The first kappa shape index (κ1) is 13.8. The summed E-state index contributed by atoms with van der Waals surface area (Å²) in [7, 11) is 0. The van der Waals surface area contributed by atoms with Gasteiger partial charge >= 0.3 is 0 Å². The lowest BCUT2D eigenvalue weighted by Gasteiger charge is -2.49. The number of fused-ring (bicyclic) bond motifs is 5. The zero-order valence-corrected chi connectivity index (χ0v) is 13.9. The molecule has 2 aromatic rings. The fourth-order valence-corrected chi connectivity index (χ4v) is 4.85. The molecule has 0 saturated carbocycles. The number of benzene rings is 2. The minimum Gasteiger partial charge on any atom is -0.299 e. The Morgan fingerprint density at radius 3 is 2.55 bits per heavy atom. The number of nitrogens with zero attached hydrogens (tertiary/aromatic N) is 1. The maximum absolute atomic E-state index is 6.72. The van der Waals surface area contributed by atoms with E-state index in [0.29, 0.717) is 0 Å². The maximum Gasteiger partial charge on any atom is 0.0878 e. The molecular weight excluding hydrogens is 268 g/mol. The number of hydrazine groups is 1. The molecule has 4 rings (SSSR count). The van der Waals surface area contributed by atoms with Gasteiger partial charge in [0.1, 0.15) is 0 Å². The van der Waals surface area contributed by atoms with E-state index >= 15 is 0 Å². The van der Waals surface area contributed by atoms with Crippen molar-refractivity contribution < 1.29 is 0 Å². The second-order valence-corrected chi connectivity index (χ2v) is 7.41. The van der Waals surface area contributed by atoms with Gasteiger partial charge in [-0.25, -0.2) is 5.84 Å². The molecule has 1 heterocycles. The van der Waals surface area contributed by atoms with Gasteiger partial charge in [-0.1, -0.05) is 48.9 Å². The van der Waals surface area contributed by atoms with Crippen LogP contribution in [0.2, 0.25) is 0 Å². The Morgan fingerprint density at radius 2 is 1.77 bits per heavy atom. The molecule has 22 heavy (non-hydrogen) atoms. The predicted molar refractivity (Wildman–Crippen MR) is 92.0 cm³/mol. The van der Waals surface area contributed by atoms with Crippen molar-refractivity contribution in [1.82, 2.24) is 0 Å². The summed E-state index contributed by atoms with van der Waals surface area (Å²) in [6, 6.07) is 13.4. The lowest BCUT2D eigenvalue weighted by atomic mass is 9.59. The average Bonchev–Trinajstić information content (AvgIpc) is 2.66. The van der Waals surface area contributed by atoms with E-state index in [1.807, 2.05) is 0 Å². The summed E-state index contributed by atoms with van der Waals surface area (Å²) in [5.41, 5.74) is 7.97. The first-order chi connectivity index (χ1) is 10.4. The molecule has 0 aromatic heterocycles. The third-order valence-corrected chi connectivity index (χ3v) is 6.27. The number of nitrogens with two attached hydrogens (primary N) is 1.